The van der Waals surface area contributed by atoms with Crippen molar-refractivity contribution in [1.82, 2.24) is 15.5 Å². The Morgan fingerprint density at radius 2 is 1.78 bits per heavy atom. The molecule has 4 aromatic rings. The molecule has 0 saturated carbocycles. The highest BCUT2D eigenvalue weighted by Gasteiger charge is 2.36. The van der Waals surface area contributed by atoms with Crippen LogP contribution in [0.1, 0.15) is 42.0 Å². The third kappa shape index (κ3) is 4.14. The van der Waals surface area contributed by atoms with Gasteiger partial charge >= 0.3 is 6.03 Å². The Labute approximate surface area is 213 Å². The van der Waals surface area contributed by atoms with E-state index in [0.717, 1.165) is 36.3 Å². The summed E-state index contributed by atoms with van der Waals surface area (Å²) in [4.78, 5) is 19.8. The van der Waals surface area contributed by atoms with Crippen LogP contribution in [-0.4, -0.2) is 23.3 Å². The zero-order chi connectivity index (χ0) is 25.5. The van der Waals surface area contributed by atoms with Crippen LogP contribution in [0.25, 0.3) is 17.0 Å². The number of amides is 2. The number of carbonyl (C=O) groups is 1. The van der Waals surface area contributed by atoms with Crippen molar-refractivity contribution in [3.63, 3.8) is 0 Å². The highest BCUT2D eigenvalue weighted by atomic mass is 19.1. The zero-order valence-electron chi connectivity index (χ0n) is 20.5. The van der Waals surface area contributed by atoms with Crippen molar-refractivity contribution in [3.8, 4) is 17.1 Å². The number of nitrogens with one attached hydrogen (secondary N) is 1. The third-order valence-electron chi connectivity index (χ3n) is 7.03. The van der Waals surface area contributed by atoms with E-state index in [0.29, 0.717) is 22.7 Å². The van der Waals surface area contributed by atoms with Crippen molar-refractivity contribution in [2.75, 3.05) is 12.0 Å². The Hall–Kier alpha value is -4.46. The van der Waals surface area contributed by atoms with E-state index >= 15 is 0 Å². The Bertz CT molecular complexity index is 1510. The lowest BCUT2D eigenvalue weighted by Crippen LogP contribution is -2.46. The lowest BCUT2D eigenvalue weighted by Gasteiger charge is -2.35. The molecule has 1 atom stereocenters. The second kappa shape index (κ2) is 9.20. The van der Waals surface area contributed by atoms with Crippen molar-refractivity contribution < 1.29 is 18.4 Å². The smallest absolute Gasteiger partial charge is 0.326 e. The van der Waals surface area contributed by atoms with Gasteiger partial charge in [0.15, 0.2) is 0 Å². The van der Waals surface area contributed by atoms with Crippen LogP contribution in [0, 0.1) is 5.82 Å². The molecular formula is C29H25FN4O3. The number of ether oxygens (including phenoxy) is 1. The van der Waals surface area contributed by atoms with E-state index in [1.807, 2.05) is 37.3 Å². The number of benzene rings is 3. The first kappa shape index (κ1) is 23.0. The molecule has 1 N–H and O–H groups in total. The van der Waals surface area contributed by atoms with E-state index in [4.69, 9.17) is 9.26 Å². The number of allylic oxidation sites excluding steroid dienone is 1. The predicted octanol–water partition coefficient (Wildman–Crippen LogP) is 6.08. The first-order valence-corrected chi connectivity index (χ1v) is 12.2. The number of aromatic nitrogens is 2. The molecule has 0 radical (unpaired) electrons. The summed E-state index contributed by atoms with van der Waals surface area (Å²) in [6, 6.07) is 18.7. The minimum atomic E-state index is -0.594. The average molecular weight is 497 g/mol. The fourth-order valence-electron chi connectivity index (χ4n) is 5.12. The maximum Gasteiger partial charge on any atom is 0.326 e. The van der Waals surface area contributed by atoms with E-state index in [-0.39, 0.29) is 17.7 Å². The fraction of sp³-hybridized carbons (Fsp3) is 0.207. The Morgan fingerprint density at radius 3 is 2.54 bits per heavy atom. The number of halogens is 1. The van der Waals surface area contributed by atoms with Gasteiger partial charge in [0.25, 0.3) is 5.89 Å². The number of anilines is 1. The number of nitrogens with zero attached hydrogens (tertiary/aromatic N) is 3. The van der Waals surface area contributed by atoms with Crippen LogP contribution in [0.3, 0.4) is 0 Å². The molecule has 8 heteroatoms. The molecular weight excluding hydrogens is 471 g/mol. The predicted molar refractivity (Wildman–Crippen MR) is 137 cm³/mol. The highest BCUT2D eigenvalue weighted by Crippen LogP contribution is 2.40. The zero-order valence-corrected chi connectivity index (χ0v) is 20.5. The van der Waals surface area contributed by atoms with Crippen LogP contribution in [-0.2, 0) is 12.8 Å². The van der Waals surface area contributed by atoms with Crippen molar-refractivity contribution in [1.29, 1.82) is 0 Å². The van der Waals surface area contributed by atoms with Crippen LogP contribution in [0.5, 0.6) is 5.75 Å². The molecule has 7 nitrogen and oxygen atoms in total. The van der Waals surface area contributed by atoms with Crippen molar-refractivity contribution in [2.24, 2.45) is 0 Å². The van der Waals surface area contributed by atoms with Crippen molar-refractivity contribution >= 4 is 17.3 Å². The maximum absolute atomic E-state index is 13.7. The molecule has 3 aromatic carbocycles. The quantitative estimate of drug-likeness (QED) is 0.362. The SMILES string of the molecule is COc1ccc(-c2noc(C3=C(C)N(c4ccc5c(c4)CCC5)C(=O)NC3c3ccc(F)cc3)n2)cc1. The van der Waals surface area contributed by atoms with Crippen LogP contribution in [0.4, 0.5) is 14.9 Å². The van der Waals surface area contributed by atoms with Crippen LogP contribution < -0.4 is 15.0 Å². The topological polar surface area (TPSA) is 80.5 Å². The first-order valence-electron chi connectivity index (χ1n) is 12.2. The van der Waals surface area contributed by atoms with Gasteiger partial charge in [-0.1, -0.05) is 23.4 Å². The van der Waals surface area contributed by atoms with E-state index < -0.39 is 6.04 Å². The fourth-order valence-corrected chi connectivity index (χ4v) is 5.12. The normalized spacial score (nSPS) is 17.1. The molecule has 1 unspecified atom stereocenters. The number of carbonyl (C=O) groups excluding carboxylic acids is 1. The van der Waals surface area contributed by atoms with E-state index in [9.17, 15) is 9.18 Å². The van der Waals surface area contributed by atoms with Gasteiger partial charge in [0.05, 0.1) is 24.4 Å². The number of methoxy groups -OCH3 is 1. The summed E-state index contributed by atoms with van der Waals surface area (Å²) < 4.78 is 24.7. The molecule has 6 rings (SSSR count). The van der Waals surface area contributed by atoms with Crippen molar-refractivity contribution in [2.45, 2.75) is 32.2 Å². The molecule has 0 bridgehead atoms. The second-order valence-corrected chi connectivity index (χ2v) is 9.23. The lowest BCUT2D eigenvalue weighted by molar-refractivity contribution is 0.244. The summed E-state index contributed by atoms with van der Waals surface area (Å²) in [6.07, 6.45) is 3.18. The third-order valence-corrected chi connectivity index (χ3v) is 7.03. The Balaban J connectivity index is 1.46. The summed E-state index contributed by atoms with van der Waals surface area (Å²) in [5, 5.41) is 7.28. The van der Waals surface area contributed by atoms with E-state index in [2.05, 4.69) is 27.6 Å². The average Bonchev–Trinajstić information content (AvgIpc) is 3.59. The number of urea groups is 1. The van der Waals surface area contributed by atoms with Crippen LogP contribution >= 0.6 is 0 Å². The summed E-state index contributed by atoms with van der Waals surface area (Å²) in [5.41, 5.74) is 6.17. The summed E-state index contributed by atoms with van der Waals surface area (Å²) in [7, 11) is 1.61. The van der Waals surface area contributed by atoms with Crippen LogP contribution in [0.2, 0.25) is 0 Å². The van der Waals surface area contributed by atoms with Gasteiger partial charge in [-0.2, -0.15) is 4.98 Å². The lowest BCUT2D eigenvalue weighted by atomic mass is 9.94. The summed E-state index contributed by atoms with van der Waals surface area (Å²) in [6.45, 7) is 1.87. The molecule has 1 aromatic heterocycles. The second-order valence-electron chi connectivity index (χ2n) is 9.23. The molecule has 0 saturated heterocycles. The summed E-state index contributed by atoms with van der Waals surface area (Å²) in [5.74, 6) is 1.07. The van der Waals surface area contributed by atoms with E-state index in [1.54, 1.807) is 24.1 Å². The molecule has 186 valence electrons. The molecule has 2 amide bonds. The van der Waals surface area contributed by atoms with Gasteiger partial charge < -0.3 is 14.6 Å². The van der Waals surface area contributed by atoms with Gasteiger partial charge in [0.1, 0.15) is 11.6 Å². The molecule has 2 aliphatic rings. The molecule has 0 spiro atoms. The van der Waals surface area contributed by atoms with Gasteiger partial charge in [-0.3, -0.25) is 4.90 Å². The van der Waals surface area contributed by atoms with Gasteiger partial charge in [-0.25, -0.2) is 9.18 Å². The standard InChI is InChI=1S/C29H25FN4O3/c1-17-25(28-32-27(33-37-28)20-9-14-24(36-2)15-10-20)26(19-6-11-22(30)12-7-19)31-29(35)34(17)23-13-8-18-4-3-5-21(18)16-23/h6-16,26H,3-5H2,1-2H3,(H,31,35). The molecule has 37 heavy (non-hydrogen) atoms. The monoisotopic (exact) mass is 496 g/mol. The van der Waals surface area contributed by atoms with Gasteiger partial charge in [-0.15, -0.1) is 0 Å². The number of fused-ring (bicyclic) bond motifs is 1. The van der Waals surface area contributed by atoms with E-state index in [1.165, 1.54) is 23.3 Å². The molecule has 1 aliphatic heterocycles. The van der Waals surface area contributed by atoms with Gasteiger partial charge in [-0.05, 0) is 91.4 Å². The Morgan fingerprint density at radius 1 is 1.03 bits per heavy atom. The highest BCUT2D eigenvalue weighted by molar-refractivity contribution is 6.01. The Kier molecular flexibility index (Phi) is 5.71. The van der Waals surface area contributed by atoms with Gasteiger partial charge in [0, 0.05) is 11.3 Å². The number of aryl methyl sites for hydroxylation is 2. The first-order chi connectivity index (χ1) is 18.0. The van der Waals surface area contributed by atoms with Gasteiger partial charge in [0.2, 0.25) is 5.82 Å². The maximum atomic E-state index is 13.7. The number of rotatable bonds is 5. The van der Waals surface area contributed by atoms with Crippen LogP contribution in [0.15, 0.2) is 77.0 Å². The summed E-state index contributed by atoms with van der Waals surface area (Å²) >= 11 is 0. The van der Waals surface area contributed by atoms with Crippen molar-refractivity contribution in [3.05, 3.63) is 101 Å². The largest absolute Gasteiger partial charge is 0.497 e. The minimum Gasteiger partial charge on any atom is -0.497 e. The molecule has 2 heterocycles. The molecule has 0 fully saturated rings. The number of hydrogen-bond donors (Lipinski definition) is 1. The molecule has 1 aliphatic carbocycles. The number of hydrogen-bond acceptors (Lipinski definition) is 5. The minimum absolute atomic E-state index is 0.275.